The molecule has 1 fully saturated rings. The van der Waals surface area contributed by atoms with Gasteiger partial charge in [-0.2, -0.15) is 4.98 Å². The molecular weight excluding hydrogens is 360 g/mol. The van der Waals surface area contributed by atoms with Crippen LogP contribution in [0.3, 0.4) is 0 Å². The van der Waals surface area contributed by atoms with Gasteiger partial charge in [0.05, 0.1) is 12.1 Å². The molecule has 0 bridgehead atoms. The average Bonchev–Trinajstić information content (AvgIpc) is 2.67. The minimum absolute atomic E-state index is 0.202. The van der Waals surface area contributed by atoms with Gasteiger partial charge in [-0.25, -0.2) is 4.98 Å². The molecule has 1 aliphatic heterocycles. The quantitative estimate of drug-likeness (QED) is 0.757. The highest BCUT2D eigenvalue weighted by Gasteiger charge is 2.28. The van der Waals surface area contributed by atoms with E-state index in [1.165, 1.54) is 0 Å². The highest BCUT2D eigenvalue weighted by Crippen LogP contribution is 2.23. The van der Waals surface area contributed by atoms with Crippen molar-refractivity contribution in [3.63, 3.8) is 0 Å². The van der Waals surface area contributed by atoms with E-state index in [1.54, 1.807) is 12.5 Å². The lowest BCUT2D eigenvalue weighted by atomic mass is 9.94. The number of rotatable bonds is 7. The van der Waals surface area contributed by atoms with Crippen LogP contribution in [0.1, 0.15) is 32.3 Å². The Hall–Kier alpha value is -1.99. The monoisotopic (exact) mass is 388 g/mol. The van der Waals surface area contributed by atoms with Gasteiger partial charge in [0, 0.05) is 41.3 Å². The maximum Gasteiger partial charge on any atom is 0.224 e. The van der Waals surface area contributed by atoms with Crippen LogP contribution < -0.4 is 10.6 Å². The summed E-state index contributed by atoms with van der Waals surface area (Å²) >= 11 is 0. The summed E-state index contributed by atoms with van der Waals surface area (Å²) in [4.78, 5) is 9.72. The van der Waals surface area contributed by atoms with Gasteiger partial charge in [0.1, 0.15) is 5.82 Å². The summed E-state index contributed by atoms with van der Waals surface area (Å²) < 4.78 is 17.4. The fourth-order valence-electron chi connectivity index (χ4n) is 3.31. The van der Waals surface area contributed by atoms with Crippen molar-refractivity contribution in [1.82, 2.24) is 9.97 Å². The highest BCUT2D eigenvalue weighted by atomic mass is 32.2. The molecular formula is C20H28N4O2S. The molecule has 1 aromatic carbocycles. The van der Waals surface area contributed by atoms with E-state index in [4.69, 9.17) is 4.74 Å². The molecule has 2 heterocycles. The van der Waals surface area contributed by atoms with Crippen LogP contribution in [-0.4, -0.2) is 39.2 Å². The number of anilines is 2. The van der Waals surface area contributed by atoms with Crippen LogP contribution in [0.4, 0.5) is 11.8 Å². The second-order valence-corrected chi connectivity index (χ2v) is 8.57. The lowest BCUT2D eigenvalue weighted by Gasteiger charge is -2.35. The van der Waals surface area contributed by atoms with Gasteiger partial charge in [-0.15, -0.1) is 0 Å². The van der Waals surface area contributed by atoms with E-state index in [9.17, 15) is 4.21 Å². The number of nitrogens with zero attached hydrogens (tertiary/aromatic N) is 2. The maximum absolute atomic E-state index is 11.5. The van der Waals surface area contributed by atoms with E-state index in [0.29, 0.717) is 18.4 Å². The molecule has 1 saturated heterocycles. The van der Waals surface area contributed by atoms with E-state index < -0.39 is 10.8 Å². The molecule has 27 heavy (non-hydrogen) atoms. The third-order valence-corrected chi connectivity index (χ3v) is 5.65. The van der Waals surface area contributed by atoms with Crippen molar-refractivity contribution < 1.29 is 8.95 Å². The lowest BCUT2D eigenvalue weighted by Crippen LogP contribution is -2.43. The van der Waals surface area contributed by atoms with Gasteiger partial charge in [-0.05, 0) is 42.5 Å². The average molecular weight is 389 g/mol. The van der Waals surface area contributed by atoms with Crippen molar-refractivity contribution in [2.45, 2.75) is 50.3 Å². The summed E-state index contributed by atoms with van der Waals surface area (Å²) in [5.74, 6) is 1.86. The van der Waals surface area contributed by atoms with Gasteiger partial charge in [0.2, 0.25) is 5.95 Å². The van der Waals surface area contributed by atoms with Crippen LogP contribution in [0.2, 0.25) is 0 Å². The van der Waals surface area contributed by atoms with E-state index >= 15 is 0 Å². The topological polar surface area (TPSA) is 76.1 Å². The van der Waals surface area contributed by atoms with Crippen LogP contribution >= 0.6 is 0 Å². The summed E-state index contributed by atoms with van der Waals surface area (Å²) in [6.07, 6.45) is 5.79. The molecule has 7 heteroatoms. The molecule has 0 saturated carbocycles. The Labute approximate surface area is 163 Å². The number of benzene rings is 1. The van der Waals surface area contributed by atoms with Crippen molar-refractivity contribution >= 4 is 22.6 Å². The number of aromatic nitrogens is 2. The normalized spacial score (nSPS) is 21.0. The zero-order valence-electron chi connectivity index (χ0n) is 16.1. The Morgan fingerprint density at radius 1 is 1.26 bits per heavy atom. The van der Waals surface area contributed by atoms with E-state index in [0.717, 1.165) is 35.7 Å². The van der Waals surface area contributed by atoms with Crippen molar-refractivity contribution in [1.29, 1.82) is 0 Å². The Morgan fingerprint density at radius 2 is 2.04 bits per heavy atom. The Kier molecular flexibility index (Phi) is 6.79. The Morgan fingerprint density at radius 3 is 2.74 bits per heavy atom. The summed E-state index contributed by atoms with van der Waals surface area (Å²) in [6.45, 7) is 5.83. The standard InChI is InChI=1S/C20H28N4O2S/c1-14(2)19-17(5-4-12-26-19)23-18-10-11-21-20(24-18)22-13-15-6-8-16(9-7-15)27(3)25/h6-11,14,17,19H,4-5,12-13H2,1-3H3,(H2,21,22,23,24)/t17-,19-,27+/m0/s1. The third-order valence-electron chi connectivity index (χ3n) is 4.72. The predicted molar refractivity (Wildman–Crippen MR) is 109 cm³/mol. The largest absolute Gasteiger partial charge is 0.376 e. The van der Waals surface area contributed by atoms with Crippen LogP contribution in [-0.2, 0) is 22.1 Å². The SMILES string of the molecule is CC(C)[C@@H]1OCCC[C@@H]1Nc1ccnc(NCc2ccc([S@@](C)=O)cc2)n1. The third kappa shape index (κ3) is 5.49. The van der Waals surface area contributed by atoms with Crippen LogP contribution in [0.5, 0.6) is 0 Å². The summed E-state index contributed by atoms with van der Waals surface area (Å²) in [5, 5.41) is 6.77. The zero-order valence-corrected chi connectivity index (χ0v) is 17.0. The molecule has 146 valence electrons. The summed E-state index contributed by atoms with van der Waals surface area (Å²) in [5.41, 5.74) is 1.09. The fraction of sp³-hybridized carbons (Fsp3) is 0.500. The molecule has 0 spiro atoms. The van der Waals surface area contributed by atoms with E-state index in [2.05, 4.69) is 34.4 Å². The molecule has 0 amide bonds. The van der Waals surface area contributed by atoms with Gasteiger partial charge in [0.15, 0.2) is 0 Å². The second-order valence-electron chi connectivity index (χ2n) is 7.19. The first-order valence-corrected chi connectivity index (χ1v) is 11.0. The molecule has 2 aromatic rings. The van der Waals surface area contributed by atoms with E-state index in [1.807, 2.05) is 30.3 Å². The maximum atomic E-state index is 11.5. The second kappa shape index (κ2) is 9.28. The summed E-state index contributed by atoms with van der Waals surface area (Å²) in [7, 11) is -0.954. The van der Waals surface area contributed by atoms with Crippen molar-refractivity contribution in [2.24, 2.45) is 5.92 Å². The Balaban J connectivity index is 1.60. The molecule has 0 unspecified atom stereocenters. The number of hydrogen-bond donors (Lipinski definition) is 2. The molecule has 0 radical (unpaired) electrons. The van der Waals surface area contributed by atoms with Gasteiger partial charge in [-0.1, -0.05) is 26.0 Å². The van der Waals surface area contributed by atoms with Crippen LogP contribution in [0.25, 0.3) is 0 Å². The predicted octanol–water partition coefficient (Wildman–Crippen LogP) is 3.44. The molecule has 1 aromatic heterocycles. The zero-order chi connectivity index (χ0) is 19.2. The number of ether oxygens (including phenoxy) is 1. The highest BCUT2D eigenvalue weighted by molar-refractivity contribution is 7.84. The van der Waals surface area contributed by atoms with Crippen molar-refractivity contribution in [2.75, 3.05) is 23.5 Å². The van der Waals surface area contributed by atoms with Gasteiger partial charge in [-0.3, -0.25) is 4.21 Å². The first-order valence-electron chi connectivity index (χ1n) is 9.40. The van der Waals surface area contributed by atoms with Gasteiger partial charge in [0.25, 0.3) is 0 Å². The molecule has 1 aliphatic rings. The Bertz CT molecular complexity index is 767. The van der Waals surface area contributed by atoms with Gasteiger partial charge < -0.3 is 15.4 Å². The molecule has 3 atom stereocenters. The minimum Gasteiger partial charge on any atom is -0.376 e. The lowest BCUT2D eigenvalue weighted by molar-refractivity contribution is -0.0203. The van der Waals surface area contributed by atoms with Crippen LogP contribution in [0.15, 0.2) is 41.4 Å². The van der Waals surface area contributed by atoms with E-state index in [-0.39, 0.29) is 12.1 Å². The van der Waals surface area contributed by atoms with Crippen LogP contribution in [0, 0.1) is 5.92 Å². The number of nitrogens with one attached hydrogen (secondary N) is 2. The molecule has 0 aliphatic carbocycles. The first kappa shape index (κ1) is 19.8. The molecule has 6 nitrogen and oxygen atoms in total. The summed E-state index contributed by atoms with van der Waals surface area (Å²) in [6, 6.07) is 9.88. The molecule has 2 N–H and O–H groups in total. The minimum atomic E-state index is -0.954. The number of hydrogen-bond acceptors (Lipinski definition) is 6. The first-order chi connectivity index (χ1) is 13.0. The van der Waals surface area contributed by atoms with Gasteiger partial charge >= 0.3 is 0 Å². The smallest absolute Gasteiger partial charge is 0.224 e. The fourth-order valence-corrected chi connectivity index (χ4v) is 3.83. The van der Waals surface area contributed by atoms with Crippen molar-refractivity contribution in [3.05, 3.63) is 42.1 Å². The molecule has 3 rings (SSSR count). The van der Waals surface area contributed by atoms with Crippen molar-refractivity contribution in [3.8, 4) is 0 Å².